The standard InChI is InChI=1S/C20H17ClFN3O/c1-12-3-4-15(7-13(12)2)24-17-8-14(10-23-11-17)20(26)25-16-5-6-19(22)18(21)9-16/h3-11,24H,1-2H3,(H,25,26). The lowest BCUT2D eigenvalue weighted by Gasteiger charge is -2.10. The van der Waals surface area contributed by atoms with Crippen molar-refractivity contribution < 1.29 is 9.18 Å². The first-order chi connectivity index (χ1) is 12.4. The Hall–Kier alpha value is -2.92. The van der Waals surface area contributed by atoms with E-state index in [2.05, 4.69) is 15.6 Å². The van der Waals surface area contributed by atoms with Crippen molar-refractivity contribution in [3.8, 4) is 0 Å². The van der Waals surface area contributed by atoms with Crippen molar-refractivity contribution in [3.05, 3.63) is 82.4 Å². The number of carbonyl (C=O) groups excluding carboxylic acids is 1. The molecule has 26 heavy (non-hydrogen) atoms. The second-order valence-corrected chi connectivity index (χ2v) is 6.38. The third-order valence-electron chi connectivity index (χ3n) is 3.97. The maximum Gasteiger partial charge on any atom is 0.257 e. The monoisotopic (exact) mass is 369 g/mol. The molecule has 0 fully saturated rings. The minimum atomic E-state index is -0.536. The highest BCUT2D eigenvalue weighted by Gasteiger charge is 2.09. The molecule has 2 aromatic carbocycles. The number of nitrogens with zero attached hydrogens (tertiary/aromatic N) is 1. The van der Waals surface area contributed by atoms with E-state index in [0.717, 1.165) is 5.69 Å². The van der Waals surface area contributed by atoms with E-state index < -0.39 is 5.82 Å². The molecule has 1 heterocycles. The van der Waals surface area contributed by atoms with Crippen LogP contribution < -0.4 is 10.6 Å². The second kappa shape index (κ2) is 7.54. The molecular formula is C20H17ClFN3O. The second-order valence-electron chi connectivity index (χ2n) is 5.97. The molecule has 0 saturated carbocycles. The van der Waals surface area contributed by atoms with Crippen LogP contribution in [0.25, 0.3) is 0 Å². The van der Waals surface area contributed by atoms with Crippen LogP contribution in [0.4, 0.5) is 21.5 Å². The van der Waals surface area contributed by atoms with Crippen molar-refractivity contribution in [2.24, 2.45) is 0 Å². The Morgan fingerprint density at radius 3 is 2.46 bits per heavy atom. The minimum Gasteiger partial charge on any atom is -0.354 e. The molecule has 2 N–H and O–H groups in total. The largest absolute Gasteiger partial charge is 0.354 e. The molecule has 3 aromatic rings. The fourth-order valence-electron chi connectivity index (χ4n) is 2.40. The molecule has 0 unspecified atom stereocenters. The smallest absolute Gasteiger partial charge is 0.257 e. The zero-order chi connectivity index (χ0) is 18.7. The van der Waals surface area contributed by atoms with Crippen LogP contribution in [0, 0.1) is 19.7 Å². The molecule has 1 amide bonds. The summed E-state index contributed by atoms with van der Waals surface area (Å²) in [6.45, 7) is 4.09. The number of pyridine rings is 1. The Labute approximate surface area is 156 Å². The van der Waals surface area contributed by atoms with Gasteiger partial charge in [-0.15, -0.1) is 0 Å². The van der Waals surface area contributed by atoms with Crippen LogP contribution >= 0.6 is 11.6 Å². The number of nitrogens with one attached hydrogen (secondary N) is 2. The van der Waals surface area contributed by atoms with Crippen molar-refractivity contribution in [2.75, 3.05) is 10.6 Å². The number of halogens is 2. The zero-order valence-electron chi connectivity index (χ0n) is 14.3. The van der Waals surface area contributed by atoms with Gasteiger partial charge in [0.1, 0.15) is 5.82 Å². The summed E-state index contributed by atoms with van der Waals surface area (Å²) >= 11 is 5.73. The van der Waals surface area contributed by atoms with Crippen molar-refractivity contribution in [1.29, 1.82) is 0 Å². The Kier molecular flexibility index (Phi) is 5.19. The average molecular weight is 370 g/mol. The Morgan fingerprint density at radius 1 is 0.962 bits per heavy atom. The molecule has 0 bridgehead atoms. The molecule has 0 aliphatic heterocycles. The number of amides is 1. The normalized spacial score (nSPS) is 10.5. The van der Waals surface area contributed by atoms with Gasteiger partial charge in [0.05, 0.1) is 22.5 Å². The summed E-state index contributed by atoms with van der Waals surface area (Å²) in [6, 6.07) is 11.7. The number of hydrogen-bond acceptors (Lipinski definition) is 3. The molecule has 0 saturated heterocycles. The Balaban J connectivity index is 1.76. The fraction of sp³-hybridized carbons (Fsp3) is 0.100. The molecule has 0 aliphatic carbocycles. The van der Waals surface area contributed by atoms with Crippen LogP contribution in [0.1, 0.15) is 21.5 Å². The van der Waals surface area contributed by atoms with Crippen LogP contribution in [0.3, 0.4) is 0 Å². The van der Waals surface area contributed by atoms with Gasteiger partial charge in [0.15, 0.2) is 0 Å². The van der Waals surface area contributed by atoms with Crippen molar-refractivity contribution in [3.63, 3.8) is 0 Å². The summed E-state index contributed by atoms with van der Waals surface area (Å²) in [7, 11) is 0. The van der Waals surface area contributed by atoms with Gasteiger partial charge < -0.3 is 10.6 Å². The fourth-order valence-corrected chi connectivity index (χ4v) is 2.58. The predicted octanol–water partition coefficient (Wildman–Crippen LogP) is 5.49. The maximum atomic E-state index is 13.2. The van der Waals surface area contributed by atoms with E-state index in [0.29, 0.717) is 16.9 Å². The van der Waals surface area contributed by atoms with Crippen LogP contribution in [0.2, 0.25) is 5.02 Å². The van der Waals surface area contributed by atoms with Gasteiger partial charge in [-0.2, -0.15) is 0 Å². The van der Waals surface area contributed by atoms with Gasteiger partial charge in [-0.1, -0.05) is 17.7 Å². The summed E-state index contributed by atoms with van der Waals surface area (Å²) in [4.78, 5) is 16.5. The minimum absolute atomic E-state index is 0.0499. The number of carbonyl (C=O) groups is 1. The van der Waals surface area contributed by atoms with E-state index in [4.69, 9.17) is 11.6 Å². The van der Waals surface area contributed by atoms with Gasteiger partial charge in [0.2, 0.25) is 0 Å². The van der Waals surface area contributed by atoms with E-state index in [-0.39, 0.29) is 10.9 Å². The molecule has 0 radical (unpaired) electrons. The third-order valence-corrected chi connectivity index (χ3v) is 4.26. The van der Waals surface area contributed by atoms with Crippen LogP contribution in [-0.4, -0.2) is 10.9 Å². The number of anilines is 3. The molecule has 4 nitrogen and oxygen atoms in total. The van der Waals surface area contributed by atoms with Gasteiger partial charge in [-0.3, -0.25) is 9.78 Å². The van der Waals surface area contributed by atoms with Gasteiger partial charge in [-0.25, -0.2) is 4.39 Å². The first kappa shape index (κ1) is 17.9. The van der Waals surface area contributed by atoms with Gasteiger partial charge in [-0.05, 0) is 61.4 Å². The molecule has 0 aliphatic rings. The van der Waals surface area contributed by atoms with E-state index in [1.807, 2.05) is 32.0 Å². The summed E-state index contributed by atoms with van der Waals surface area (Å²) in [5.74, 6) is -0.894. The predicted molar refractivity (Wildman–Crippen MR) is 103 cm³/mol. The summed E-state index contributed by atoms with van der Waals surface area (Å²) < 4.78 is 13.2. The molecule has 3 rings (SSSR count). The summed E-state index contributed by atoms with van der Waals surface area (Å²) in [5.41, 5.74) is 4.77. The van der Waals surface area contributed by atoms with Crippen LogP contribution in [-0.2, 0) is 0 Å². The molecular weight excluding hydrogens is 353 g/mol. The highest BCUT2D eigenvalue weighted by atomic mass is 35.5. The first-order valence-corrected chi connectivity index (χ1v) is 8.36. The number of aromatic nitrogens is 1. The number of benzene rings is 2. The third kappa shape index (κ3) is 4.18. The molecule has 6 heteroatoms. The van der Waals surface area contributed by atoms with Crippen LogP contribution in [0.15, 0.2) is 54.9 Å². The maximum absolute atomic E-state index is 13.2. The van der Waals surface area contributed by atoms with E-state index in [1.54, 1.807) is 12.3 Å². The SMILES string of the molecule is Cc1ccc(Nc2cncc(C(=O)Nc3ccc(F)c(Cl)c3)c2)cc1C. The van der Waals surface area contributed by atoms with E-state index in [1.165, 1.54) is 35.5 Å². The average Bonchev–Trinajstić information content (AvgIpc) is 2.61. The van der Waals surface area contributed by atoms with Gasteiger partial charge in [0, 0.05) is 17.6 Å². The molecule has 0 atom stereocenters. The highest BCUT2D eigenvalue weighted by molar-refractivity contribution is 6.31. The Bertz CT molecular complexity index is 975. The lowest BCUT2D eigenvalue weighted by molar-refractivity contribution is 0.102. The number of hydrogen-bond donors (Lipinski definition) is 2. The van der Waals surface area contributed by atoms with E-state index >= 15 is 0 Å². The lowest BCUT2D eigenvalue weighted by Crippen LogP contribution is -2.12. The summed E-state index contributed by atoms with van der Waals surface area (Å²) in [6.07, 6.45) is 3.10. The topological polar surface area (TPSA) is 54.0 Å². The zero-order valence-corrected chi connectivity index (χ0v) is 15.1. The Morgan fingerprint density at radius 2 is 1.73 bits per heavy atom. The quantitative estimate of drug-likeness (QED) is 0.639. The van der Waals surface area contributed by atoms with Gasteiger partial charge >= 0.3 is 0 Å². The number of aryl methyl sites for hydroxylation is 2. The highest BCUT2D eigenvalue weighted by Crippen LogP contribution is 2.22. The molecule has 1 aromatic heterocycles. The first-order valence-electron chi connectivity index (χ1n) is 7.98. The molecule has 0 spiro atoms. The van der Waals surface area contributed by atoms with Crippen LogP contribution in [0.5, 0.6) is 0 Å². The molecule has 132 valence electrons. The summed E-state index contributed by atoms with van der Waals surface area (Å²) in [5, 5.41) is 5.86. The number of rotatable bonds is 4. The lowest BCUT2D eigenvalue weighted by atomic mass is 10.1. The van der Waals surface area contributed by atoms with Gasteiger partial charge in [0.25, 0.3) is 5.91 Å². The van der Waals surface area contributed by atoms with E-state index in [9.17, 15) is 9.18 Å². The van der Waals surface area contributed by atoms with Crippen molar-refractivity contribution >= 4 is 34.6 Å². The van der Waals surface area contributed by atoms with Crippen molar-refractivity contribution in [2.45, 2.75) is 13.8 Å². The van der Waals surface area contributed by atoms with Crippen molar-refractivity contribution in [1.82, 2.24) is 4.98 Å².